The molecule has 0 aromatic heterocycles. The first-order valence-corrected chi connectivity index (χ1v) is 7.09. The van der Waals surface area contributed by atoms with Gasteiger partial charge >= 0.3 is 0 Å². The van der Waals surface area contributed by atoms with Crippen LogP contribution in [-0.2, 0) is 11.3 Å². The Morgan fingerprint density at radius 1 is 1.40 bits per heavy atom. The third-order valence-corrected chi connectivity index (χ3v) is 3.59. The molecule has 1 aliphatic heterocycles. The number of hydrogen-bond donors (Lipinski definition) is 1. The van der Waals surface area contributed by atoms with Gasteiger partial charge in [-0.05, 0) is 17.7 Å². The number of ether oxygens (including phenoxy) is 1. The second-order valence-corrected chi connectivity index (χ2v) is 5.35. The SMILES string of the molecule is C[NH+]1CCN(Cc2cccc(OCCC(=O)[O-])c2)CC1. The van der Waals surface area contributed by atoms with E-state index in [0.717, 1.165) is 25.4 Å². The van der Waals surface area contributed by atoms with Gasteiger partial charge in [0.05, 0.1) is 26.7 Å². The summed E-state index contributed by atoms with van der Waals surface area (Å²) in [5.41, 5.74) is 1.20. The van der Waals surface area contributed by atoms with E-state index in [1.807, 2.05) is 18.2 Å². The molecule has 0 bridgehead atoms. The van der Waals surface area contributed by atoms with Crippen molar-refractivity contribution in [2.75, 3.05) is 39.8 Å². The summed E-state index contributed by atoms with van der Waals surface area (Å²) in [6, 6.07) is 7.87. The molecule has 110 valence electrons. The van der Waals surface area contributed by atoms with Crippen LogP contribution in [0.3, 0.4) is 0 Å². The summed E-state index contributed by atoms with van der Waals surface area (Å²) in [7, 11) is 2.23. The molecule has 0 spiro atoms. The first-order valence-electron chi connectivity index (χ1n) is 7.09. The van der Waals surface area contributed by atoms with Crippen molar-refractivity contribution in [2.24, 2.45) is 0 Å². The Balaban J connectivity index is 1.84. The number of nitrogens with one attached hydrogen (secondary N) is 1. The molecule has 1 heterocycles. The summed E-state index contributed by atoms with van der Waals surface area (Å²) in [6.07, 6.45) is -0.0779. The number of carboxylic acids is 1. The van der Waals surface area contributed by atoms with E-state index in [0.29, 0.717) is 0 Å². The number of quaternary nitrogens is 1. The highest BCUT2D eigenvalue weighted by Crippen LogP contribution is 2.15. The smallest absolute Gasteiger partial charge is 0.119 e. The number of nitrogens with zero attached hydrogens (tertiary/aromatic N) is 1. The van der Waals surface area contributed by atoms with Crippen LogP contribution in [0.25, 0.3) is 0 Å². The lowest BCUT2D eigenvalue weighted by Crippen LogP contribution is -3.11. The maximum Gasteiger partial charge on any atom is 0.119 e. The maximum atomic E-state index is 10.3. The highest BCUT2D eigenvalue weighted by molar-refractivity contribution is 5.64. The molecule has 0 atom stereocenters. The number of rotatable bonds is 6. The van der Waals surface area contributed by atoms with Crippen LogP contribution in [0.1, 0.15) is 12.0 Å². The van der Waals surface area contributed by atoms with Crippen molar-refractivity contribution in [2.45, 2.75) is 13.0 Å². The molecule has 1 fully saturated rings. The predicted molar refractivity (Wildman–Crippen MR) is 73.5 cm³/mol. The van der Waals surface area contributed by atoms with E-state index >= 15 is 0 Å². The van der Waals surface area contributed by atoms with Crippen LogP contribution in [-0.4, -0.2) is 50.7 Å². The minimum Gasteiger partial charge on any atom is -0.550 e. The number of likely N-dealkylation sites (N-methyl/N-ethyl adjacent to an activating group) is 1. The van der Waals surface area contributed by atoms with Gasteiger partial charge in [-0.3, -0.25) is 4.90 Å². The van der Waals surface area contributed by atoms with Gasteiger partial charge in [0.25, 0.3) is 0 Å². The molecule has 1 aliphatic rings. The molecule has 0 unspecified atom stereocenters. The van der Waals surface area contributed by atoms with Crippen LogP contribution in [0.5, 0.6) is 5.75 Å². The van der Waals surface area contributed by atoms with Crippen LogP contribution in [0.15, 0.2) is 24.3 Å². The van der Waals surface area contributed by atoms with E-state index in [1.165, 1.54) is 18.7 Å². The molecule has 2 rings (SSSR count). The van der Waals surface area contributed by atoms with Gasteiger partial charge in [-0.1, -0.05) is 12.1 Å². The lowest BCUT2D eigenvalue weighted by molar-refractivity contribution is -0.884. The van der Waals surface area contributed by atoms with E-state index in [2.05, 4.69) is 18.0 Å². The molecule has 5 heteroatoms. The fourth-order valence-electron chi connectivity index (χ4n) is 2.34. The largest absolute Gasteiger partial charge is 0.550 e. The average molecular weight is 278 g/mol. The van der Waals surface area contributed by atoms with Crippen molar-refractivity contribution in [3.05, 3.63) is 29.8 Å². The molecule has 0 aliphatic carbocycles. The summed E-state index contributed by atoms with van der Waals surface area (Å²) in [4.78, 5) is 14.4. The summed E-state index contributed by atoms with van der Waals surface area (Å²) >= 11 is 0. The first-order chi connectivity index (χ1) is 9.63. The number of carboxylic acid groups (broad SMARTS) is 1. The molecular formula is C15H22N2O3. The van der Waals surface area contributed by atoms with E-state index < -0.39 is 5.97 Å². The summed E-state index contributed by atoms with van der Waals surface area (Å²) in [5.74, 6) is -0.357. The second-order valence-electron chi connectivity index (χ2n) is 5.35. The summed E-state index contributed by atoms with van der Waals surface area (Å²) < 4.78 is 5.42. The zero-order valence-corrected chi connectivity index (χ0v) is 11.9. The Kier molecular flexibility index (Phi) is 5.38. The first kappa shape index (κ1) is 14.8. The molecule has 1 aromatic carbocycles. The molecule has 1 saturated heterocycles. The Labute approximate surface area is 119 Å². The van der Waals surface area contributed by atoms with Gasteiger partial charge in [-0.15, -0.1) is 0 Å². The topological polar surface area (TPSA) is 57.0 Å². The monoisotopic (exact) mass is 278 g/mol. The molecule has 0 radical (unpaired) electrons. The Morgan fingerprint density at radius 2 is 2.15 bits per heavy atom. The number of carbonyl (C=O) groups excluding carboxylic acids is 1. The number of benzene rings is 1. The predicted octanol–water partition coefficient (Wildman–Crippen LogP) is -1.46. The molecule has 1 N–H and O–H groups in total. The molecule has 0 saturated carbocycles. The highest BCUT2D eigenvalue weighted by atomic mass is 16.5. The number of aliphatic carboxylic acids is 1. The van der Waals surface area contributed by atoms with Crippen molar-refractivity contribution in [3.8, 4) is 5.75 Å². The minimum absolute atomic E-state index is 0.0779. The van der Waals surface area contributed by atoms with E-state index in [4.69, 9.17) is 4.74 Å². The van der Waals surface area contributed by atoms with Gasteiger partial charge in [-0.2, -0.15) is 0 Å². The molecule has 20 heavy (non-hydrogen) atoms. The standard InChI is InChI=1S/C15H22N2O3/c1-16-6-8-17(9-7-16)12-13-3-2-4-14(11-13)20-10-5-15(18)19/h2-4,11H,5-10,12H2,1H3,(H,18,19). The van der Waals surface area contributed by atoms with Gasteiger partial charge in [0, 0.05) is 32.0 Å². The molecule has 0 amide bonds. The van der Waals surface area contributed by atoms with E-state index in [9.17, 15) is 9.90 Å². The molecular weight excluding hydrogens is 256 g/mol. The van der Waals surface area contributed by atoms with Crippen molar-refractivity contribution in [1.29, 1.82) is 0 Å². The Morgan fingerprint density at radius 3 is 2.85 bits per heavy atom. The van der Waals surface area contributed by atoms with E-state index in [-0.39, 0.29) is 13.0 Å². The van der Waals surface area contributed by atoms with Crippen LogP contribution in [0.4, 0.5) is 0 Å². The van der Waals surface area contributed by atoms with Crippen molar-refractivity contribution >= 4 is 5.97 Å². The summed E-state index contributed by atoms with van der Waals surface area (Å²) in [5, 5.41) is 10.3. The van der Waals surface area contributed by atoms with Gasteiger partial charge in [-0.25, -0.2) is 0 Å². The van der Waals surface area contributed by atoms with Crippen molar-refractivity contribution in [3.63, 3.8) is 0 Å². The lowest BCUT2D eigenvalue weighted by atomic mass is 10.2. The van der Waals surface area contributed by atoms with Gasteiger partial charge in [0.15, 0.2) is 0 Å². The molecule has 1 aromatic rings. The minimum atomic E-state index is -1.08. The van der Waals surface area contributed by atoms with E-state index in [1.54, 1.807) is 4.90 Å². The number of piperazine rings is 1. The Hall–Kier alpha value is -1.59. The van der Waals surface area contributed by atoms with Crippen LogP contribution < -0.4 is 14.7 Å². The second kappa shape index (κ2) is 7.26. The molecule has 5 nitrogen and oxygen atoms in total. The van der Waals surface area contributed by atoms with Crippen LogP contribution in [0, 0.1) is 0 Å². The number of hydrogen-bond acceptors (Lipinski definition) is 4. The van der Waals surface area contributed by atoms with Crippen LogP contribution >= 0.6 is 0 Å². The lowest BCUT2D eigenvalue weighted by Gasteiger charge is -2.30. The average Bonchev–Trinajstić information content (AvgIpc) is 2.41. The normalized spacial score (nSPS) is 17.1. The zero-order valence-electron chi connectivity index (χ0n) is 11.9. The maximum absolute atomic E-state index is 10.3. The third-order valence-electron chi connectivity index (χ3n) is 3.59. The fourth-order valence-corrected chi connectivity index (χ4v) is 2.34. The van der Waals surface area contributed by atoms with Gasteiger partial charge in [0.1, 0.15) is 5.75 Å². The fraction of sp³-hybridized carbons (Fsp3) is 0.533. The highest BCUT2D eigenvalue weighted by Gasteiger charge is 2.16. The quantitative estimate of drug-likeness (QED) is 0.691. The van der Waals surface area contributed by atoms with Gasteiger partial charge < -0.3 is 19.5 Å². The summed E-state index contributed by atoms with van der Waals surface area (Å²) in [6.45, 7) is 5.67. The Bertz CT molecular complexity index is 442. The van der Waals surface area contributed by atoms with Crippen LogP contribution in [0.2, 0.25) is 0 Å². The number of carbonyl (C=O) groups is 1. The third kappa shape index (κ3) is 4.83. The van der Waals surface area contributed by atoms with Gasteiger partial charge in [0.2, 0.25) is 0 Å². The van der Waals surface area contributed by atoms with Crippen molar-refractivity contribution < 1.29 is 19.5 Å². The van der Waals surface area contributed by atoms with Crippen molar-refractivity contribution in [1.82, 2.24) is 4.90 Å². The zero-order chi connectivity index (χ0) is 14.4.